The maximum absolute atomic E-state index is 14.2. The number of halogens is 2. The smallest absolute Gasteiger partial charge is 0.272 e. The van der Waals surface area contributed by atoms with Crippen LogP contribution < -0.4 is 9.64 Å². The standard InChI is InChI=1S/C21H19F2NO3S/c1-3-11-27-15-8-5-13(6-9-15)18-19(28-4-2)21(26)24(20(18)25)17-10-7-14(22)12-16(17)23/h5-10,12H,3-4,11H2,1-2H3. The summed E-state index contributed by atoms with van der Waals surface area (Å²) in [4.78, 5) is 26.9. The number of ether oxygens (including phenoxy) is 1. The summed E-state index contributed by atoms with van der Waals surface area (Å²) < 4.78 is 33.0. The molecule has 0 N–H and O–H groups in total. The molecule has 0 fully saturated rings. The van der Waals surface area contributed by atoms with Crippen molar-refractivity contribution >= 4 is 34.8 Å². The third-order valence-corrected chi connectivity index (χ3v) is 5.05. The van der Waals surface area contributed by atoms with Gasteiger partial charge in [0.15, 0.2) is 0 Å². The molecular formula is C21H19F2NO3S. The summed E-state index contributed by atoms with van der Waals surface area (Å²) in [5.41, 5.74) is 0.495. The summed E-state index contributed by atoms with van der Waals surface area (Å²) in [7, 11) is 0. The molecule has 1 heterocycles. The number of hydrogen-bond donors (Lipinski definition) is 0. The summed E-state index contributed by atoms with van der Waals surface area (Å²) in [6.45, 7) is 4.43. The molecule has 0 unspecified atom stereocenters. The van der Waals surface area contributed by atoms with Gasteiger partial charge in [-0.05, 0) is 42.0 Å². The highest BCUT2D eigenvalue weighted by Crippen LogP contribution is 2.39. The van der Waals surface area contributed by atoms with Gasteiger partial charge in [-0.15, -0.1) is 11.8 Å². The highest BCUT2D eigenvalue weighted by molar-refractivity contribution is 8.04. The summed E-state index contributed by atoms with van der Waals surface area (Å²) in [5.74, 6) is -1.76. The van der Waals surface area contributed by atoms with E-state index in [0.717, 1.165) is 23.5 Å². The first kappa shape index (κ1) is 20.1. The van der Waals surface area contributed by atoms with E-state index in [1.54, 1.807) is 24.3 Å². The van der Waals surface area contributed by atoms with Crippen LogP contribution in [0.3, 0.4) is 0 Å². The predicted octanol–water partition coefficient (Wildman–Crippen LogP) is 4.79. The Morgan fingerprint density at radius 3 is 2.32 bits per heavy atom. The first-order valence-electron chi connectivity index (χ1n) is 8.92. The highest BCUT2D eigenvalue weighted by atomic mass is 32.2. The Hall–Kier alpha value is -2.67. The minimum absolute atomic E-state index is 0.211. The van der Waals surface area contributed by atoms with Crippen LogP contribution in [0.2, 0.25) is 0 Å². The average Bonchev–Trinajstić information content (AvgIpc) is 2.91. The average molecular weight is 403 g/mol. The Bertz CT molecular complexity index is 941. The third kappa shape index (κ3) is 3.80. The fraction of sp³-hybridized carbons (Fsp3) is 0.238. The molecule has 0 saturated carbocycles. The fourth-order valence-corrected chi connectivity index (χ4v) is 3.71. The van der Waals surface area contributed by atoms with Crippen LogP contribution in [0, 0.1) is 11.6 Å². The number of carbonyl (C=O) groups is 2. The second kappa shape index (κ2) is 8.56. The molecular weight excluding hydrogens is 384 g/mol. The van der Waals surface area contributed by atoms with Crippen molar-refractivity contribution in [2.75, 3.05) is 17.3 Å². The van der Waals surface area contributed by atoms with Gasteiger partial charge >= 0.3 is 0 Å². The van der Waals surface area contributed by atoms with Crippen molar-refractivity contribution in [2.45, 2.75) is 20.3 Å². The van der Waals surface area contributed by atoms with E-state index in [1.165, 1.54) is 11.8 Å². The Labute approximate surface area is 166 Å². The van der Waals surface area contributed by atoms with Crippen LogP contribution in [0.1, 0.15) is 25.8 Å². The van der Waals surface area contributed by atoms with Gasteiger partial charge in [0.05, 0.1) is 22.8 Å². The van der Waals surface area contributed by atoms with Crippen LogP contribution >= 0.6 is 11.8 Å². The zero-order chi connectivity index (χ0) is 20.3. The van der Waals surface area contributed by atoms with Crippen LogP contribution in [0.25, 0.3) is 5.57 Å². The highest BCUT2D eigenvalue weighted by Gasteiger charge is 2.41. The van der Waals surface area contributed by atoms with Crippen LogP contribution in [-0.2, 0) is 9.59 Å². The van der Waals surface area contributed by atoms with Crippen LogP contribution in [0.4, 0.5) is 14.5 Å². The maximum Gasteiger partial charge on any atom is 0.272 e. The summed E-state index contributed by atoms with van der Waals surface area (Å²) in [6, 6.07) is 9.62. The molecule has 7 heteroatoms. The van der Waals surface area contributed by atoms with E-state index >= 15 is 0 Å². The molecule has 0 saturated heterocycles. The van der Waals surface area contributed by atoms with Crippen LogP contribution in [-0.4, -0.2) is 24.2 Å². The van der Waals surface area contributed by atoms with Gasteiger partial charge in [0.1, 0.15) is 17.4 Å². The van der Waals surface area contributed by atoms with Gasteiger partial charge in [0.25, 0.3) is 11.8 Å². The topological polar surface area (TPSA) is 46.6 Å². The van der Waals surface area contributed by atoms with Crippen molar-refractivity contribution in [2.24, 2.45) is 0 Å². The van der Waals surface area contributed by atoms with E-state index in [1.807, 2.05) is 13.8 Å². The second-order valence-electron chi connectivity index (χ2n) is 6.05. The number of anilines is 1. The molecule has 0 bridgehead atoms. The van der Waals surface area contributed by atoms with Gasteiger partial charge in [-0.2, -0.15) is 0 Å². The molecule has 0 aromatic heterocycles. The first-order chi connectivity index (χ1) is 13.5. The van der Waals surface area contributed by atoms with E-state index in [2.05, 4.69) is 0 Å². The number of thioether (sulfide) groups is 1. The SMILES string of the molecule is CCCOc1ccc(C2=C(SCC)C(=O)N(c3ccc(F)cc3F)C2=O)cc1. The molecule has 2 aromatic carbocycles. The lowest BCUT2D eigenvalue weighted by atomic mass is 10.1. The fourth-order valence-electron chi connectivity index (χ4n) is 2.86. The summed E-state index contributed by atoms with van der Waals surface area (Å²) in [5, 5.41) is 0. The number of hydrogen-bond acceptors (Lipinski definition) is 4. The molecule has 2 aromatic rings. The minimum atomic E-state index is -0.966. The van der Waals surface area contributed by atoms with Crippen LogP contribution in [0.15, 0.2) is 47.4 Å². The number of rotatable bonds is 7. The lowest BCUT2D eigenvalue weighted by molar-refractivity contribution is -0.119. The van der Waals surface area contributed by atoms with Gasteiger partial charge in [0, 0.05) is 6.07 Å². The molecule has 4 nitrogen and oxygen atoms in total. The van der Waals surface area contributed by atoms with E-state index in [0.29, 0.717) is 29.7 Å². The minimum Gasteiger partial charge on any atom is -0.494 e. The van der Waals surface area contributed by atoms with Crippen LogP contribution in [0.5, 0.6) is 5.75 Å². The molecule has 0 atom stereocenters. The lowest BCUT2D eigenvalue weighted by Crippen LogP contribution is -2.32. The van der Waals surface area contributed by atoms with E-state index in [9.17, 15) is 18.4 Å². The largest absolute Gasteiger partial charge is 0.494 e. The quantitative estimate of drug-likeness (QED) is 0.624. The monoisotopic (exact) mass is 403 g/mol. The van der Waals surface area contributed by atoms with E-state index in [-0.39, 0.29) is 16.2 Å². The van der Waals surface area contributed by atoms with Crippen molar-refractivity contribution in [3.63, 3.8) is 0 Å². The molecule has 146 valence electrons. The Morgan fingerprint density at radius 1 is 1.00 bits per heavy atom. The molecule has 0 spiro atoms. The number of nitrogens with zero attached hydrogens (tertiary/aromatic N) is 1. The molecule has 1 aliphatic rings. The zero-order valence-corrected chi connectivity index (χ0v) is 16.3. The first-order valence-corrected chi connectivity index (χ1v) is 9.90. The number of amides is 2. The Kier molecular flexibility index (Phi) is 6.14. The van der Waals surface area contributed by atoms with Crippen molar-refractivity contribution in [1.82, 2.24) is 0 Å². The maximum atomic E-state index is 14.2. The third-order valence-electron chi connectivity index (χ3n) is 4.10. The van der Waals surface area contributed by atoms with Gasteiger partial charge in [-0.3, -0.25) is 9.59 Å². The molecule has 1 aliphatic heterocycles. The normalized spacial score (nSPS) is 14.2. The zero-order valence-electron chi connectivity index (χ0n) is 15.5. The molecule has 28 heavy (non-hydrogen) atoms. The van der Waals surface area contributed by atoms with Crippen molar-refractivity contribution < 1.29 is 23.1 Å². The molecule has 3 rings (SSSR count). The number of benzene rings is 2. The molecule has 2 amide bonds. The predicted molar refractivity (Wildman–Crippen MR) is 106 cm³/mol. The summed E-state index contributed by atoms with van der Waals surface area (Å²) >= 11 is 1.22. The van der Waals surface area contributed by atoms with Crippen molar-refractivity contribution in [3.8, 4) is 5.75 Å². The summed E-state index contributed by atoms with van der Waals surface area (Å²) in [6.07, 6.45) is 0.870. The van der Waals surface area contributed by atoms with E-state index < -0.39 is 23.4 Å². The van der Waals surface area contributed by atoms with Crippen molar-refractivity contribution in [3.05, 3.63) is 64.6 Å². The number of carbonyl (C=O) groups excluding carboxylic acids is 2. The molecule has 0 radical (unpaired) electrons. The van der Waals surface area contributed by atoms with Gasteiger partial charge < -0.3 is 4.74 Å². The lowest BCUT2D eigenvalue weighted by Gasteiger charge is -2.16. The van der Waals surface area contributed by atoms with Gasteiger partial charge in [0.2, 0.25) is 0 Å². The van der Waals surface area contributed by atoms with Crippen molar-refractivity contribution in [1.29, 1.82) is 0 Å². The van der Waals surface area contributed by atoms with Gasteiger partial charge in [-0.25, -0.2) is 13.7 Å². The second-order valence-corrected chi connectivity index (χ2v) is 7.33. The number of imide groups is 1. The van der Waals surface area contributed by atoms with Gasteiger partial charge in [-0.1, -0.05) is 26.0 Å². The molecule has 0 aliphatic carbocycles. The Morgan fingerprint density at radius 2 is 1.71 bits per heavy atom. The van der Waals surface area contributed by atoms with E-state index in [4.69, 9.17) is 4.74 Å². The Balaban J connectivity index is 2.00.